The average molecular weight is 240 g/mol. The second kappa shape index (κ2) is 5.96. The summed E-state index contributed by atoms with van der Waals surface area (Å²) in [7, 11) is 0. The summed E-state index contributed by atoms with van der Waals surface area (Å²) in [6.45, 7) is 3.34. The minimum atomic E-state index is -1.19. The summed E-state index contributed by atoms with van der Waals surface area (Å²) in [6, 6.07) is 0. The van der Waals surface area contributed by atoms with Gasteiger partial charge in [0.2, 0.25) is 0 Å². The summed E-state index contributed by atoms with van der Waals surface area (Å²) < 4.78 is 4.97. The van der Waals surface area contributed by atoms with Crippen LogP contribution in [0.2, 0.25) is 0 Å². The highest BCUT2D eigenvalue weighted by Gasteiger charge is 2.26. The first kappa shape index (κ1) is 13.9. The van der Waals surface area contributed by atoms with Crippen molar-refractivity contribution in [3.05, 3.63) is 12.2 Å². The number of aliphatic hydroxyl groups is 1. The van der Waals surface area contributed by atoms with Crippen LogP contribution in [-0.4, -0.2) is 28.6 Å². The van der Waals surface area contributed by atoms with Crippen molar-refractivity contribution in [3.8, 4) is 0 Å². The summed E-state index contributed by atoms with van der Waals surface area (Å²) in [5.41, 5.74) is -1.19. The summed E-state index contributed by atoms with van der Waals surface area (Å²) in [4.78, 5) is 22.4. The maximum Gasteiger partial charge on any atom is 0.331 e. The largest absolute Gasteiger partial charge is 0.455 e. The van der Waals surface area contributed by atoms with E-state index >= 15 is 0 Å². The molecule has 0 bridgehead atoms. The fourth-order valence-corrected chi connectivity index (χ4v) is 1.67. The van der Waals surface area contributed by atoms with Crippen molar-refractivity contribution in [1.29, 1.82) is 0 Å². The van der Waals surface area contributed by atoms with E-state index in [1.54, 1.807) is 19.9 Å². The molecule has 96 valence electrons. The number of Topliss-reactive ketones (excluding diaryl/α,β-unsaturated/α-hetero) is 1. The molecule has 0 aromatic heterocycles. The molecule has 4 heteroatoms. The van der Waals surface area contributed by atoms with Gasteiger partial charge in [0.25, 0.3) is 0 Å². The van der Waals surface area contributed by atoms with Crippen LogP contribution in [0.15, 0.2) is 12.2 Å². The third-order valence-electron chi connectivity index (χ3n) is 3.15. The minimum Gasteiger partial charge on any atom is -0.455 e. The van der Waals surface area contributed by atoms with Crippen molar-refractivity contribution in [3.63, 3.8) is 0 Å². The quantitative estimate of drug-likeness (QED) is 0.544. The number of ether oxygens (including phenoxy) is 1. The molecule has 0 aromatic carbocycles. The lowest BCUT2D eigenvalue weighted by Gasteiger charge is -2.19. The topological polar surface area (TPSA) is 63.6 Å². The van der Waals surface area contributed by atoms with Gasteiger partial charge < -0.3 is 9.84 Å². The van der Waals surface area contributed by atoms with E-state index in [-0.39, 0.29) is 17.9 Å². The van der Waals surface area contributed by atoms with E-state index < -0.39 is 5.60 Å². The molecule has 1 rings (SSSR count). The van der Waals surface area contributed by atoms with Gasteiger partial charge in [-0.05, 0) is 38.7 Å². The maximum absolute atomic E-state index is 11.6. The number of ketones is 1. The first-order chi connectivity index (χ1) is 7.95. The fraction of sp³-hybridized carbons (Fsp3) is 0.692. The molecule has 0 saturated heterocycles. The van der Waals surface area contributed by atoms with E-state index in [4.69, 9.17) is 4.74 Å². The van der Waals surface area contributed by atoms with E-state index in [0.717, 1.165) is 19.3 Å². The number of carbonyl (C=O) groups excluding carboxylic acids is 2. The molecule has 0 aromatic rings. The predicted octanol–water partition coefficient (Wildman–Crippen LogP) is 1.76. The number of hydrogen-bond donors (Lipinski definition) is 1. The Morgan fingerprint density at radius 3 is 2.76 bits per heavy atom. The lowest BCUT2D eigenvalue weighted by Crippen LogP contribution is -2.33. The Morgan fingerprint density at radius 1 is 1.53 bits per heavy atom. The Morgan fingerprint density at radius 2 is 2.24 bits per heavy atom. The molecule has 0 fully saturated rings. The molecule has 1 aliphatic heterocycles. The Kier molecular flexibility index (Phi) is 4.87. The Balaban J connectivity index is 2.14. The molecule has 0 saturated carbocycles. The predicted molar refractivity (Wildman–Crippen MR) is 63.4 cm³/mol. The van der Waals surface area contributed by atoms with Gasteiger partial charge >= 0.3 is 5.97 Å². The molecule has 1 aliphatic rings. The molecular weight excluding hydrogens is 220 g/mol. The van der Waals surface area contributed by atoms with Gasteiger partial charge in [-0.2, -0.15) is 0 Å². The highest BCUT2D eigenvalue weighted by atomic mass is 16.5. The number of cyclic esters (lactones) is 1. The van der Waals surface area contributed by atoms with Crippen LogP contribution in [0.1, 0.15) is 46.0 Å². The second-order valence-electron chi connectivity index (χ2n) is 4.63. The van der Waals surface area contributed by atoms with Crippen LogP contribution < -0.4 is 0 Å². The molecule has 17 heavy (non-hydrogen) atoms. The zero-order valence-electron chi connectivity index (χ0n) is 10.4. The third kappa shape index (κ3) is 4.30. The summed E-state index contributed by atoms with van der Waals surface area (Å²) in [5.74, 6) is -0.404. The van der Waals surface area contributed by atoms with Gasteiger partial charge in [0.15, 0.2) is 5.78 Å². The molecular formula is C13H20O4. The molecule has 0 aliphatic carbocycles. The van der Waals surface area contributed by atoms with Crippen LogP contribution in [0, 0.1) is 0 Å². The van der Waals surface area contributed by atoms with Gasteiger partial charge in [-0.25, -0.2) is 4.79 Å². The van der Waals surface area contributed by atoms with E-state index in [0.29, 0.717) is 12.8 Å². The lowest BCUT2D eigenvalue weighted by atomic mass is 9.93. The molecule has 1 heterocycles. The number of carbonyl (C=O) groups is 2. The molecule has 1 unspecified atom stereocenters. The van der Waals surface area contributed by atoms with Gasteiger partial charge in [-0.15, -0.1) is 0 Å². The van der Waals surface area contributed by atoms with Crippen LogP contribution in [0.3, 0.4) is 0 Å². The van der Waals surface area contributed by atoms with Crippen LogP contribution in [-0.2, 0) is 14.3 Å². The fourth-order valence-electron chi connectivity index (χ4n) is 1.67. The molecule has 0 radical (unpaired) electrons. The molecule has 0 amide bonds. The highest BCUT2D eigenvalue weighted by Crippen LogP contribution is 2.17. The van der Waals surface area contributed by atoms with Crippen LogP contribution >= 0.6 is 0 Å². The van der Waals surface area contributed by atoms with Crippen molar-refractivity contribution >= 4 is 11.8 Å². The van der Waals surface area contributed by atoms with E-state index in [1.807, 2.05) is 0 Å². The first-order valence-corrected chi connectivity index (χ1v) is 6.10. The van der Waals surface area contributed by atoms with Crippen LogP contribution in [0.25, 0.3) is 0 Å². The molecule has 2 atom stereocenters. The van der Waals surface area contributed by atoms with Crippen molar-refractivity contribution < 1.29 is 19.4 Å². The van der Waals surface area contributed by atoms with Crippen molar-refractivity contribution in [2.45, 2.75) is 57.7 Å². The van der Waals surface area contributed by atoms with Gasteiger partial charge in [-0.3, -0.25) is 4.79 Å². The summed E-state index contributed by atoms with van der Waals surface area (Å²) in [6.07, 6.45) is 6.13. The highest BCUT2D eigenvalue weighted by molar-refractivity contribution is 5.86. The van der Waals surface area contributed by atoms with Gasteiger partial charge in [0, 0.05) is 12.5 Å². The zero-order chi connectivity index (χ0) is 12.9. The Hall–Kier alpha value is -1.16. The Labute approximate surface area is 102 Å². The third-order valence-corrected chi connectivity index (χ3v) is 3.15. The van der Waals surface area contributed by atoms with Crippen LogP contribution in [0.4, 0.5) is 0 Å². The lowest BCUT2D eigenvalue weighted by molar-refractivity contribution is -0.139. The molecule has 1 N–H and O–H groups in total. The monoisotopic (exact) mass is 240 g/mol. The first-order valence-electron chi connectivity index (χ1n) is 6.10. The van der Waals surface area contributed by atoms with Crippen molar-refractivity contribution in [1.82, 2.24) is 0 Å². The molecule has 0 spiro atoms. The van der Waals surface area contributed by atoms with Gasteiger partial charge in [0.1, 0.15) is 11.7 Å². The SMILES string of the molecule is CCC(C)(O)C(=O)CCCC[C@H]1C=CC(=O)O1. The van der Waals surface area contributed by atoms with Gasteiger partial charge in [0.05, 0.1) is 0 Å². The van der Waals surface area contributed by atoms with Crippen molar-refractivity contribution in [2.75, 3.05) is 0 Å². The van der Waals surface area contributed by atoms with E-state index in [2.05, 4.69) is 0 Å². The van der Waals surface area contributed by atoms with Crippen molar-refractivity contribution in [2.24, 2.45) is 0 Å². The van der Waals surface area contributed by atoms with Gasteiger partial charge in [-0.1, -0.05) is 6.92 Å². The number of rotatable bonds is 7. The summed E-state index contributed by atoms with van der Waals surface area (Å²) in [5, 5.41) is 9.71. The number of hydrogen-bond acceptors (Lipinski definition) is 4. The standard InChI is InChI=1S/C13H20O4/c1-3-13(2,16)11(14)7-5-4-6-10-8-9-12(15)17-10/h8-10,16H,3-7H2,1-2H3/t10-,13?/m0/s1. The summed E-state index contributed by atoms with van der Waals surface area (Å²) >= 11 is 0. The van der Waals surface area contributed by atoms with E-state index in [9.17, 15) is 14.7 Å². The minimum absolute atomic E-state index is 0.112. The molecule has 4 nitrogen and oxygen atoms in total. The van der Waals surface area contributed by atoms with E-state index in [1.165, 1.54) is 6.08 Å². The average Bonchev–Trinajstić information content (AvgIpc) is 2.70. The Bertz CT molecular complexity index is 317. The second-order valence-corrected chi connectivity index (χ2v) is 4.63. The number of unbranched alkanes of at least 4 members (excludes halogenated alkanes) is 1. The number of esters is 1. The maximum atomic E-state index is 11.6. The van der Waals surface area contributed by atoms with Crippen LogP contribution in [0.5, 0.6) is 0 Å². The smallest absolute Gasteiger partial charge is 0.331 e. The zero-order valence-corrected chi connectivity index (χ0v) is 10.4. The normalized spacial score (nSPS) is 22.3.